The van der Waals surface area contributed by atoms with E-state index in [1.54, 1.807) is 7.11 Å². The summed E-state index contributed by atoms with van der Waals surface area (Å²) < 4.78 is 7.41. The molecule has 2 heterocycles. The van der Waals surface area contributed by atoms with Crippen LogP contribution in [0, 0.1) is 0 Å². The molecule has 0 bridgehead atoms. The summed E-state index contributed by atoms with van der Waals surface area (Å²) in [5.74, 6) is 0.844. The van der Waals surface area contributed by atoms with Gasteiger partial charge in [-0.25, -0.2) is 0 Å². The van der Waals surface area contributed by atoms with Crippen molar-refractivity contribution in [2.24, 2.45) is 0 Å². The van der Waals surface area contributed by atoms with Gasteiger partial charge in [-0.3, -0.25) is 4.98 Å². The Balaban J connectivity index is 1.67. The molecule has 0 saturated heterocycles. The van der Waals surface area contributed by atoms with E-state index in [0.717, 1.165) is 34.9 Å². The molecule has 0 aliphatic rings. The fourth-order valence-electron chi connectivity index (χ4n) is 3.06. The van der Waals surface area contributed by atoms with Crippen molar-refractivity contribution >= 4 is 11.4 Å². The number of hydrogen-bond acceptors (Lipinski definition) is 3. The Morgan fingerprint density at radius 3 is 2.37 bits per heavy atom. The lowest BCUT2D eigenvalue weighted by atomic mass is 10.1. The van der Waals surface area contributed by atoms with E-state index in [4.69, 9.17) is 4.74 Å². The number of ether oxygens (including phenoxy) is 1. The van der Waals surface area contributed by atoms with Gasteiger partial charge in [-0.05, 0) is 42.0 Å². The van der Waals surface area contributed by atoms with Gasteiger partial charge >= 0.3 is 0 Å². The van der Waals surface area contributed by atoms with Crippen LogP contribution >= 0.6 is 0 Å². The van der Waals surface area contributed by atoms with Gasteiger partial charge < -0.3 is 14.6 Å². The molecule has 134 valence electrons. The Hall–Kier alpha value is -3.53. The van der Waals surface area contributed by atoms with Gasteiger partial charge in [0.2, 0.25) is 0 Å². The van der Waals surface area contributed by atoms with Crippen molar-refractivity contribution in [3.8, 4) is 16.9 Å². The summed E-state index contributed by atoms with van der Waals surface area (Å²) in [5.41, 5.74) is 5.43. The Labute approximate surface area is 159 Å². The van der Waals surface area contributed by atoms with E-state index < -0.39 is 0 Å². The molecule has 4 heteroatoms. The van der Waals surface area contributed by atoms with Gasteiger partial charge in [-0.15, -0.1) is 0 Å². The van der Waals surface area contributed by atoms with Gasteiger partial charge in [0.1, 0.15) is 5.75 Å². The molecular formula is C23H21N3O. The minimum atomic E-state index is 0.727. The third kappa shape index (κ3) is 4.01. The molecular weight excluding hydrogens is 334 g/mol. The maximum absolute atomic E-state index is 5.24. The number of nitrogens with one attached hydrogen (secondary N) is 1. The number of nitrogens with zero attached hydrogens (tertiary/aromatic N) is 2. The predicted octanol–water partition coefficient (Wildman–Crippen LogP) is 5.35. The molecule has 2 aromatic carbocycles. The summed E-state index contributed by atoms with van der Waals surface area (Å²) in [6, 6.07) is 24.3. The molecule has 2 aromatic heterocycles. The zero-order chi connectivity index (χ0) is 18.5. The Kier molecular flexibility index (Phi) is 4.88. The van der Waals surface area contributed by atoms with E-state index in [9.17, 15) is 0 Å². The molecule has 4 aromatic rings. The maximum atomic E-state index is 5.24. The van der Waals surface area contributed by atoms with E-state index >= 15 is 0 Å². The monoisotopic (exact) mass is 355 g/mol. The molecule has 4 rings (SSSR count). The third-order valence-electron chi connectivity index (χ3n) is 4.40. The predicted molar refractivity (Wildman–Crippen MR) is 109 cm³/mol. The lowest BCUT2D eigenvalue weighted by Crippen LogP contribution is -1.98. The highest BCUT2D eigenvalue weighted by atomic mass is 16.5. The van der Waals surface area contributed by atoms with E-state index in [1.807, 2.05) is 54.7 Å². The van der Waals surface area contributed by atoms with Crippen molar-refractivity contribution in [3.05, 3.63) is 97.1 Å². The largest absolute Gasteiger partial charge is 0.497 e. The molecule has 4 nitrogen and oxygen atoms in total. The van der Waals surface area contributed by atoms with Crippen LogP contribution < -0.4 is 10.1 Å². The van der Waals surface area contributed by atoms with Crippen LogP contribution in [-0.2, 0) is 6.54 Å². The highest BCUT2D eigenvalue weighted by Crippen LogP contribution is 2.32. The van der Waals surface area contributed by atoms with Crippen LogP contribution in [0.2, 0.25) is 0 Å². The molecule has 0 amide bonds. The van der Waals surface area contributed by atoms with Gasteiger partial charge in [0.25, 0.3) is 0 Å². The van der Waals surface area contributed by atoms with Crippen molar-refractivity contribution < 1.29 is 4.74 Å². The minimum Gasteiger partial charge on any atom is -0.497 e. The van der Waals surface area contributed by atoms with Gasteiger partial charge in [0.05, 0.1) is 25.0 Å². The average Bonchev–Trinajstić information content (AvgIpc) is 3.12. The molecule has 0 unspecified atom stereocenters. The van der Waals surface area contributed by atoms with Gasteiger partial charge in [-0.1, -0.05) is 36.4 Å². The number of benzene rings is 2. The number of pyridine rings is 1. The van der Waals surface area contributed by atoms with Crippen LogP contribution in [0.3, 0.4) is 0 Å². The van der Waals surface area contributed by atoms with E-state index in [2.05, 4.69) is 51.5 Å². The fraction of sp³-hybridized carbons (Fsp3) is 0.0870. The zero-order valence-corrected chi connectivity index (χ0v) is 15.2. The van der Waals surface area contributed by atoms with Crippen LogP contribution in [0.5, 0.6) is 5.75 Å². The van der Waals surface area contributed by atoms with Crippen molar-refractivity contribution in [3.63, 3.8) is 0 Å². The summed E-state index contributed by atoms with van der Waals surface area (Å²) in [4.78, 5) is 4.43. The second-order valence-corrected chi connectivity index (χ2v) is 6.30. The average molecular weight is 355 g/mol. The lowest BCUT2D eigenvalue weighted by molar-refractivity contribution is 0.415. The number of hydrogen-bond donors (Lipinski definition) is 1. The summed E-state index contributed by atoms with van der Waals surface area (Å²) in [5, 5.41) is 3.53. The summed E-state index contributed by atoms with van der Waals surface area (Å²) in [6.45, 7) is 0.727. The van der Waals surface area contributed by atoms with Crippen LogP contribution in [0.4, 0.5) is 11.4 Å². The van der Waals surface area contributed by atoms with Crippen molar-refractivity contribution in [2.75, 3.05) is 12.4 Å². The standard InChI is InChI=1S/C23H21N3O/c1-27-21-12-10-19(11-13-21)25-23-17-26(15-20-9-5-6-14-24-20)16-22(23)18-7-3-2-4-8-18/h2-14,16-17,25H,15H2,1H3. The number of rotatable bonds is 6. The van der Waals surface area contributed by atoms with Crippen LogP contribution in [-0.4, -0.2) is 16.7 Å². The highest BCUT2D eigenvalue weighted by Gasteiger charge is 2.10. The molecule has 0 saturated carbocycles. The van der Waals surface area contributed by atoms with Gasteiger partial charge in [-0.2, -0.15) is 0 Å². The molecule has 0 aliphatic carbocycles. The summed E-state index contributed by atoms with van der Waals surface area (Å²) in [7, 11) is 1.67. The minimum absolute atomic E-state index is 0.727. The quantitative estimate of drug-likeness (QED) is 0.507. The second-order valence-electron chi connectivity index (χ2n) is 6.30. The number of methoxy groups -OCH3 is 1. The Morgan fingerprint density at radius 1 is 0.889 bits per heavy atom. The smallest absolute Gasteiger partial charge is 0.119 e. The Bertz CT molecular complexity index is 993. The van der Waals surface area contributed by atoms with Crippen molar-refractivity contribution in [2.45, 2.75) is 6.54 Å². The first-order chi connectivity index (χ1) is 13.3. The van der Waals surface area contributed by atoms with E-state index in [0.29, 0.717) is 0 Å². The molecule has 0 aliphatic heterocycles. The lowest BCUT2D eigenvalue weighted by Gasteiger charge is -2.08. The van der Waals surface area contributed by atoms with Crippen LogP contribution in [0.15, 0.2) is 91.4 Å². The summed E-state index contributed by atoms with van der Waals surface area (Å²) >= 11 is 0. The molecule has 1 N–H and O–H groups in total. The molecule has 0 radical (unpaired) electrons. The molecule has 0 spiro atoms. The van der Waals surface area contributed by atoms with Crippen molar-refractivity contribution in [1.82, 2.24) is 9.55 Å². The first kappa shape index (κ1) is 16.9. The first-order valence-corrected chi connectivity index (χ1v) is 8.88. The van der Waals surface area contributed by atoms with E-state index in [1.165, 1.54) is 5.56 Å². The Morgan fingerprint density at radius 2 is 1.67 bits per heavy atom. The molecule has 0 fully saturated rings. The summed E-state index contributed by atoms with van der Waals surface area (Å²) in [6.07, 6.45) is 6.12. The van der Waals surface area contributed by atoms with Crippen molar-refractivity contribution in [1.29, 1.82) is 0 Å². The van der Waals surface area contributed by atoms with Crippen LogP contribution in [0.1, 0.15) is 5.69 Å². The fourth-order valence-corrected chi connectivity index (χ4v) is 3.06. The maximum Gasteiger partial charge on any atom is 0.119 e. The van der Waals surface area contributed by atoms with Crippen LogP contribution in [0.25, 0.3) is 11.1 Å². The second kappa shape index (κ2) is 7.79. The van der Waals surface area contributed by atoms with Gasteiger partial charge in [0, 0.05) is 29.8 Å². The molecule has 27 heavy (non-hydrogen) atoms. The van der Waals surface area contributed by atoms with Gasteiger partial charge in [0.15, 0.2) is 0 Å². The third-order valence-corrected chi connectivity index (χ3v) is 4.40. The molecule has 0 atom stereocenters. The van der Waals surface area contributed by atoms with E-state index in [-0.39, 0.29) is 0 Å². The topological polar surface area (TPSA) is 39.1 Å². The highest BCUT2D eigenvalue weighted by molar-refractivity contribution is 5.81. The first-order valence-electron chi connectivity index (χ1n) is 8.88. The number of anilines is 2. The zero-order valence-electron chi connectivity index (χ0n) is 15.2. The number of aromatic nitrogens is 2. The SMILES string of the molecule is COc1ccc(Nc2cn(Cc3ccccn3)cc2-c2ccccc2)cc1. The normalized spacial score (nSPS) is 10.6.